The van der Waals surface area contributed by atoms with Gasteiger partial charge in [-0.1, -0.05) is 5.92 Å². The summed E-state index contributed by atoms with van der Waals surface area (Å²) < 4.78 is 5.23. The number of non-ortho nitro benzene ring substituents is 1. The van der Waals surface area contributed by atoms with E-state index in [2.05, 4.69) is 16.1 Å². The van der Waals surface area contributed by atoms with Gasteiger partial charge < -0.3 is 10.1 Å². The third-order valence-electron chi connectivity index (χ3n) is 3.66. The minimum Gasteiger partial charge on any atom is -0.494 e. The second kappa shape index (κ2) is 6.95. The highest BCUT2D eigenvalue weighted by molar-refractivity contribution is 5.61. The second-order valence-electron chi connectivity index (χ2n) is 5.04. The lowest BCUT2D eigenvalue weighted by Crippen LogP contribution is -2.39. The first-order valence-electron chi connectivity index (χ1n) is 6.89. The van der Waals surface area contributed by atoms with Gasteiger partial charge in [-0.2, -0.15) is 0 Å². The lowest BCUT2D eigenvalue weighted by Gasteiger charge is -2.31. The van der Waals surface area contributed by atoms with Gasteiger partial charge in [-0.25, -0.2) is 0 Å². The highest BCUT2D eigenvalue weighted by Crippen LogP contribution is 2.30. The smallest absolute Gasteiger partial charge is 0.273 e. The number of anilines is 1. The summed E-state index contributed by atoms with van der Waals surface area (Å²) in [5.41, 5.74) is 0.819. The molecule has 2 rings (SSSR count). The highest BCUT2D eigenvalue weighted by atomic mass is 16.6. The van der Waals surface area contributed by atoms with Crippen molar-refractivity contribution in [2.75, 3.05) is 32.1 Å². The van der Waals surface area contributed by atoms with E-state index in [1.165, 1.54) is 19.2 Å². The Hall–Kier alpha value is -2.26. The molecular formula is C15H19N3O3. The number of nitro benzene ring substituents is 1. The predicted octanol–water partition coefficient (Wildman–Crippen LogP) is 2.11. The maximum Gasteiger partial charge on any atom is 0.273 e. The number of hydrogen-bond donors (Lipinski definition) is 1. The highest BCUT2D eigenvalue weighted by Gasteiger charge is 2.20. The standard InChI is InChI=1S/C15H19N3O3/c1-3-8-17-9-6-12(7-10-17)16-14-5-4-13(18(19)20)11-15(14)21-2/h1,4-5,11-12,16H,6-10H2,2H3. The molecule has 0 aliphatic carbocycles. The molecular weight excluding hydrogens is 270 g/mol. The third-order valence-corrected chi connectivity index (χ3v) is 3.66. The summed E-state index contributed by atoms with van der Waals surface area (Å²) in [4.78, 5) is 12.6. The molecule has 1 aliphatic heterocycles. The molecule has 0 atom stereocenters. The van der Waals surface area contributed by atoms with E-state index in [1.54, 1.807) is 6.07 Å². The van der Waals surface area contributed by atoms with E-state index in [9.17, 15) is 10.1 Å². The number of methoxy groups -OCH3 is 1. The summed E-state index contributed by atoms with van der Waals surface area (Å²) in [6.45, 7) is 2.60. The molecule has 6 nitrogen and oxygen atoms in total. The van der Waals surface area contributed by atoms with E-state index in [0.717, 1.165) is 31.6 Å². The fourth-order valence-electron chi connectivity index (χ4n) is 2.50. The molecule has 0 saturated carbocycles. The monoisotopic (exact) mass is 289 g/mol. The van der Waals surface area contributed by atoms with Crippen LogP contribution in [0.4, 0.5) is 11.4 Å². The molecule has 6 heteroatoms. The number of hydrogen-bond acceptors (Lipinski definition) is 5. The zero-order valence-corrected chi connectivity index (χ0v) is 12.0. The lowest BCUT2D eigenvalue weighted by atomic mass is 10.0. The number of ether oxygens (including phenoxy) is 1. The molecule has 1 aromatic rings. The van der Waals surface area contributed by atoms with Gasteiger partial charge >= 0.3 is 0 Å². The zero-order chi connectivity index (χ0) is 15.2. The average molecular weight is 289 g/mol. The molecule has 1 aromatic carbocycles. The van der Waals surface area contributed by atoms with Crippen LogP contribution in [0.2, 0.25) is 0 Å². The summed E-state index contributed by atoms with van der Waals surface area (Å²) in [5.74, 6) is 3.15. The normalized spacial score (nSPS) is 16.2. The molecule has 0 amide bonds. The van der Waals surface area contributed by atoms with Gasteiger partial charge in [0.1, 0.15) is 5.75 Å². The first-order valence-corrected chi connectivity index (χ1v) is 6.89. The zero-order valence-electron chi connectivity index (χ0n) is 12.0. The average Bonchev–Trinajstić information content (AvgIpc) is 2.49. The summed E-state index contributed by atoms with van der Waals surface area (Å²) >= 11 is 0. The minimum atomic E-state index is -0.426. The van der Waals surface area contributed by atoms with Crippen LogP contribution in [0.25, 0.3) is 0 Å². The minimum absolute atomic E-state index is 0.0289. The predicted molar refractivity (Wildman–Crippen MR) is 81.6 cm³/mol. The Labute approximate surface area is 124 Å². The molecule has 1 saturated heterocycles. The molecule has 1 N–H and O–H groups in total. The Morgan fingerprint density at radius 1 is 1.52 bits per heavy atom. The Morgan fingerprint density at radius 3 is 2.81 bits per heavy atom. The van der Waals surface area contributed by atoms with Crippen LogP contribution < -0.4 is 10.1 Å². The van der Waals surface area contributed by atoms with Crippen LogP contribution >= 0.6 is 0 Å². The first-order chi connectivity index (χ1) is 10.1. The van der Waals surface area contributed by atoms with Crippen LogP contribution in [0.1, 0.15) is 12.8 Å². The number of nitrogens with one attached hydrogen (secondary N) is 1. The van der Waals surface area contributed by atoms with Crippen LogP contribution in [0.3, 0.4) is 0 Å². The van der Waals surface area contributed by atoms with Crippen molar-refractivity contribution in [3.63, 3.8) is 0 Å². The fourth-order valence-corrected chi connectivity index (χ4v) is 2.50. The van der Waals surface area contributed by atoms with Crippen molar-refractivity contribution in [2.45, 2.75) is 18.9 Å². The van der Waals surface area contributed by atoms with Crippen LogP contribution in [-0.4, -0.2) is 42.6 Å². The SMILES string of the molecule is C#CCN1CCC(Nc2ccc([N+](=O)[O-])cc2OC)CC1. The van der Waals surface area contributed by atoms with Crippen molar-refractivity contribution < 1.29 is 9.66 Å². The molecule has 0 spiro atoms. The number of nitro groups is 1. The topological polar surface area (TPSA) is 67.6 Å². The van der Waals surface area contributed by atoms with Gasteiger partial charge in [-0.05, 0) is 18.9 Å². The fraction of sp³-hybridized carbons (Fsp3) is 0.467. The van der Waals surface area contributed by atoms with Crippen molar-refractivity contribution in [1.82, 2.24) is 4.90 Å². The molecule has 0 aromatic heterocycles. The molecule has 21 heavy (non-hydrogen) atoms. The van der Waals surface area contributed by atoms with Crippen molar-refractivity contribution >= 4 is 11.4 Å². The van der Waals surface area contributed by atoms with E-state index in [0.29, 0.717) is 18.3 Å². The van der Waals surface area contributed by atoms with Crippen LogP contribution in [0.5, 0.6) is 5.75 Å². The van der Waals surface area contributed by atoms with E-state index < -0.39 is 4.92 Å². The summed E-state index contributed by atoms with van der Waals surface area (Å²) in [6.07, 6.45) is 7.29. The van der Waals surface area contributed by atoms with E-state index in [1.807, 2.05) is 0 Å². The summed E-state index contributed by atoms with van der Waals surface area (Å²) in [5, 5.41) is 14.2. The van der Waals surface area contributed by atoms with Crippen LogP contribution in [0, 0.1) is 22.5 Å². The van der Waals surface area contributed by atoms with Gasteiger partial charge in [0, 0.05) is 25.2 Å². The van der Waals surface area contributed by atoms with Gasteiger partial charge in [-0.15, -0.1) is 6.42 Å². The molecule has 0 radical (unpaired) electrons. The number of nitrogens with zero attached hydrogens (tertiary/aromatic N) is 2. The number of piperidine rings is 1. The Morgan fingerprint density at radius 2 is 2.24 bits per heavy atom. The van der Waals surface area contributed by atoms with E-state index in [-0.39, 0.29) is 5.69 Å². The summed E-state index contributed by atoms with van der Waals surface area (Å²) in [7, 11) is 1.51. The van der Waals surface area contributed by atoms with Crippen molar-refractivity contribution in [3.05, 3.63) is 28.3 Å². The summed E-state index contributed by atoms with van der Waals surface area (Å²) in [6, 6.07) is 4.95. The molecule has 0 bridgehead atoms. The number of likely N-dealkylation sites (tertiary alicyclic amines) is 1. The number of rotatable bonds is 5. The Kier molecular flexibility index (Phi) is 5.01. The largest absolute Gasteiger partial charge is 0.494 e. The van der Waals surface area contributed by atoms with Gasteiger partial charge in [0.2, 0.25) is 0 Å². The van der Waals surface area contributed by atoms with E-state index in [4.69, 9.17) is 11.2 Å². The van der Waals surface area contributed by atoms with Crippen molar-refractivity contribution in [2.24, 2.45) is 0 Å². The number of benzene rings is 1. The molecule has 1 heterocycles. The molecule has 1 aliphatic rings. The van der Waals surface area contributed by atoms with Crippen LogP contribution in [-0.2, 0) is 0 Å². The van der Waals surface area contributed by atoms with Crippen molar-refractivity contribution in [1.29, 1.82) is 0 Å². The molecule has 1 fully saturated rings. The van der Waals surface area contributed by atoms with Gasteiger partial charge in [0.15, 0.2) is 0 Å². The maximum absolute atomic E-state index is 10.8. The van der Waals surface area contributed by atoms with Gasteiger partial charge in [0.05, 0.1) is 30.3 Å². The lowest BCUT2D eigenvalue weighted by molar-refractivity contribution is -0.384. The Bertz CT molecular complexity index is 546. The van der Waals surface area contributed by atoms with Crippen LogP contribution in [0.15, 0.2) is 18.2 Å². The van der Waals surface area contributed by atoms with Crippen molar-refractivity contribution in [3.8, 4) is 18.1 Å². The quantitative estimate of drug-likeness (QED) is 0.511. The molecule has 0 unspecified atom stereocenters. The number of terminal acetylenes is 1. The molecule has 112 valence electrons. The Balaban J connectivity index is 2.00. The van der Waals surface area contributed by atoms with Gasteiger partial charge in [-0.3, -0.25) is 15.0 Å². The first kappa shape index (κ1) is 15.1. The van der Waals surface area contributed by atoms with Gasteiger partial charge in [0.25, 0.3) is 5.69 Å². The third kappa shape index (κ3) is 3.86. The van der Waals surface area contributed by atoms with E-state index >= 15 is 0 Å². The maximum atomic E-state index is 10.8. The second-order valence-corrected chi connectivity index (χ2v) is 5.04.